The SMILES string of the molecule is Cc1c(C(=O)N2CCCCC2C(C)N)nnn1-c1ccc(-c2ccccc2)cc1.Cl. The summed E-state index contributed by atoms with van der Waals surface area (Å²) in [7, 11) is 0. The van der Waals surface area contributed by atoms with Crippen LogP contribution in [0.2, 0.25) is 0 Å². The number of hydrogen-bond acceptors (Lipinski definition) is 4. The Labute approximate surface area is 183 Å². The molecule has 1 aliphatic rings. The lowest BCUT2D eigenvalue weighted by molar-refractivity contribution is 0.0577. The second kappa shape index (κ2) is 9.41. The number of aromatic nitrogens is 3. The van der Waals surface area contributed by atoms with Crippen LogP contribution in [0, 0.1) is 6.92 Å². The fraction of sp³-hybridized carbons (Fsp3) is 0.348. The first-order chi connectivity index (χ1) is 14.1. The van der Waals surface area contributed by atoms with Crippen molar-refractivity contribution >= 4 is 18.3 Å². The highest BCUT2D eigenvalue weighted by Crippen LogP contribution is 2.24. The van der Waals surface area contributed by atoms with Crippen molar-refractivity contribution in [2.75, 3.05) is 6.54 Å². The predicted molar refractivity (Wildman–Crippen MR) is 121 cm³/mol. The molecule has 1 fully saturated rings. The lowest BCUT2D eigenvalue weighted by Crippen LogP contribution is -2.51. The van der Waals surface area contributed by atoms with Gasteiger partial charge in [-0.2, -0.15) is 0 Å². The minimum Gasteiger partial charge on any atom is -0.333 e. The average Bonchev–Trinajstić information content (AvgIpc) is 3.15. The number of benzene rings is 2. The van der Waals surface area contributed by atoms with E-state index in [0.717, 1.165) is 48.3 Å². The molecule has 158 valence electrons. The van der Waals surface area contributed by atoms with Crippen molar-refractivity contribution in [3.8, 4) is 16.8 Å². The number of nitrogens with zero attached hydrogens (tertiary/aromatic N) is 4. The Morgan fingerprint density at radius 3 is 2.40 bits per heavy atom. The Hall–Kier alpha value is -2.70. The lowest BCUT2D eigenvalue weighted by atomic mass is 9.96. The molecular weight excluding hydrogens is 398 g/mol. The van der Waals surface area contributed by atoms with E-state index in [9.17, 15) is 4.79 Å². The maximum atomic E-state index is 13.2. The molecule has 6 nitrogen and oxygen atoms in total. The molecule has 0 bridgehead atoms. The lowest BCUT2D eigenvalue weighted by Gasteiger charge is -2.37. The number of nitrogens with two attached hydrogens (primary N) is 1. The van der Waals surface area contributed by atoms with Crippen LogP contribution >= 0.6 is 12.4 Å². The number of halogens is 1. The van der Waals surface area contributed by atoms with Gasteiger partial charge >= 0.3 is 0 Å². The van der Waals surface area contributed by atoms with Gasteiger partial charge in [-0.25, -0.2) is 4.68 Å². The minimum absolute atomic E-state index is 0. The molecule has 2 atom stereocenters. The van der Waals surface area contributed by atoms with Gasteiger partial charge in [0.1, 0.15) is 0 Å². The van der Waals surface area contributed by atoms with Gasteiger partial charge in [0.15, 0.2) is 5.69 Å². The topological polar surface area (TPSA) is 77.0 Å². The van der Waals surface area contributed by atoms with Crippen LogP contribution in [0.5, 0.6) is 0 Å². The van der Waals surface area contributed by atoms with E-state index in [2.05, 4.69) is 34.6 Å². The zero-order valence-electron chi connectivity index (χ0n) is 17.4. The van der Waals surface area contributed by atoms with E-state index < -0.39 is 0 Å². The summed E-state index contributed by atoms with van der Waals surface area (Å²) in [6.45, 7) is 4.58. The Balaban J connectivity index is 0.00000256. The highest BCUT2D eigenvalue weighted by atomic mass is 35.5. The molecule has 2 unspecified atom stereocenters. The van der Waals surface area contributed by atoms with Crippen LogP contribution in [0.3, 0.4) is 0 Å². The van der Waals surface area contributed by atoms with Crippen molar-refractivity contribution in [2.24, 2.45) is 5.73 Å². The molecular formula is C23H28ClN5O. The van der Waals surface area contributed by atoms with Crippen molar-refractivity contribution in [1.82, 2.24) is 19.9 Å². The Morgan fingerprint density at radius 2 is 1.73 bits per heavy atom. The second-order valence-corrected chi connectivity index (χ2v) is 7.77. The number of carbonyl (C=O) groups is 1. The van der Waals surface area contributed by atoms with Crippen LogP contribution in [0.4, 0.5) is 0 Å². The fourth-order valence-electron chi connectivity index (χ4n) is 4.09. The molecule has 1 amide bonds. The van der Waals surface area contributed by atoms with Gasteiger partial charge < -0.3 is 10.6 Å². The molecule has 0 spiro atoms. The van der Waals surface area contributed by atoms with Crippen LogP contribution in [0.15, 0.2) is 54.6 Å². The molecule has 2 heterocycles. The molecule has 2 aromatic carbocycles. The van der Waals surface area contributed by atoms with Gasteiger partial charge in [0.2, 0.25) is 0 Å². The summed E-state index contributed by atoms with van der Waals surface area (Å²) in [5.41, 5.74) is 10.5. The van der Waals surface area contributed by atoms with E-state index in [4.69, 9.17) is 5.73 Å². The fourth-order valence-corrected chi connectivity index (χ4v) is 4.09. The van der Waals surface area contributed by atoms with Gasteiger partial charge in [-0.3, -0.25) is 4.79 Å². The van der Waals surface area contributed by atoms with E-state index in [1.807, 2.05) is 49.1 Å². The Bertz CT molecular complexity index is 985. The summed E-state index contributed by atoms with van der Waals surface area (Å²) in [6, 6.07) is 18.4. The van der Waals surface area contributed by atoms with Crippen LogP contribution in [0.1, 0.15) is 42.4 Å². The van der Waals surface area contributed by atoms with Crippen LogP contribution in [0.25, 0.3) is 16.8 Å². The first-order valence-corrected chi connectivity index (χ1v) is 10.2. The standard InChI is InChI=1S/C23H27N5O.ClH/c1-16(24)21-10-6-7-15-27(21)23(29)22-17(2)28(26-25-22)20-13-11-19(12-14-20)18-8-4-3-5-9-18;/h3-5,8-9,11-14,16,21H,6-7,10,15,24H2,1-2H3;1H. The molecule has 4 rings (SSSR count). The summed E-state index contributed by atoms with van der Waals surface area (Å²) in [4.78, 5) is 15.1. The Kier molecular flexibility index (Phi) is 6.90. The van der Waals surface area contributed by atoms with Gasteiger partial charge in [-0.05, 0) is 56.4 Å². The van der Waals surface area contributed by atoms with Crippen LogP contribution < -0.4 is 5.73 Å². The normalized spacial score (nSPS) is 17.3. The summed E-state index contributed by atoms with van der Waals surface area (Å²) in [5.74, 6) is -0.0725. The van der Waals surface area contributed by atoms with Crippen molar-refractivity contribution in [2.45, 2.75) is 45.2 Å². The number of piperidine rings is 1. The first kappa shape index (κ1) is 22.0. The molecule has 1 aliphatic heterocycles. The summed E-state index contributed by atoms with van der Waals surface area (Å²) in [5, 5.41) is 8.48. The smallest absolute Gasteiger partial charge is 0.276 e. The summed E-state index contributed by atoms with van der Waals surface area (Å²) < 4.78 is 1.73. The van der Waals surface area contributed by atoms with Crippen LogP contribution in [-0.2, 0) is 0 Å². The van der Waals surface area contributed by atoms with E-state index in [0.29, 0.717) is 5.69 Å². The molecule has 7 heteroatoms. The number of likely N-dealkylation sites (tertiary alicyclic amines) is 1. The zero-order chi connectivity index (χ0) is 20.4. The molecule has 30 heavy (non-hydrogen) atoms. The maximum Gasteiger partial charge on any atom is 0.276 e. The van der Waals surface area contributed by atoms with Gasteiger partial charge in [0, 0.05) is 18.6 Å². The summed E-state index contributed by atoms with van der Waals surface area (Å²) in [6.07, 6.45) is 3.05. The molecule has 0 saturated carbocycles. The highest BCUT2D eigenvalue weighted by molar-refractivity contribution is 5.93. The van der Waals surface area contributed by atoms with Gasteiger partial charge in [0.25, 0.3) is 5.91 Å². The number of rotatable bonds is 4. The van der Waals surface area contributed by atoms with E-state index in [-0.39, 0.29) is 30.4 Å². The minimum atomic E-state index is -0.0725. The monoisotopic (exact) mass is 425 g/mol. The van der Waals surface area contributed by atoms with Gasteiger partial charge in [-0.1, -0.05) is 47.7 Å². The number of carbonyl (C=O) groups excluding carboxylic acids is 1. The largest absolute Gasteiger partial charge is 0.333 e. The zero-order valence-corrected chi connectivity index (χ0v) is 18.2. The number of hydrogen-bond donors (Lipinski definition) is 1. The average molecular weight is 426 g/mol. The highest BCUT2D eigenvalue weighted by Gasteiger charge is 2.32. The van der Waals surface area contributed by atoms with E-state index in [1.54, 1.807) is 4.68 Å². The van der Waals surface area contributed by atoms with Gasteiger partial charge in [-0.15, -0.1) is 17.5 Å². The maximum absolute atomic E-state index is 13.2. The third-order valence-corrected chi connectivity index (χ3v) is 5.73. The first-order valence-electron chi connectivity index (χ1n) is 10.2. The molecule has 2 N–H and O–H groups in total. The van der Waals surface area contributed by atoms with Crippen molar-refractivity contribution < 1.29 is 4.79 Å². The molecule has 0 aliphatic carbocycles. The van der Waals surface area contributed by atoms with Gasteiger partial charge in [0.05, 0.1) is 11.4 Å². The Morgan fingerprint density at radius 1 is 1.07 bits per heavy atom. The van der Waals surface area contributed by atoms with Crippen molar-refractivity contribution in [3.63, 3.8) is 0 Å². The van der Waals surface area contributed by atoms with E-state index >= 15 is 0 Å². The molecule has 0 radical (unpaired) electrons. The predicted octanol–water partition coefficient (Wildman–Crippen LogP) is 4.01. The van der Waals surface area contributed by atoms with Crippen molar-refractivity contribution in [1.29, 1.82) is 0 Å². The second-order valence-electron chi connectivity index (χ2n) is 7.77. The van der Waals surface area contributed by atoms with Crippen molar-refractivity contribution in [3.05, 3.63) is 66.0 Å². The third-order valence-electron chi connectivity index (χ3n) is 5.73. The molecule has 1 aromatic heterocycles. The number of amides is 1. The quantitative estimate of drug-likeness (QED) is 0.685. The molecule has 3 aromatic rings. The third kappa shape index (κ3) is 4.25. The molecule has 1 saturated heterocycles. The summed E-state index contributed by atoms with van der Waals surface area (Å²) >= 11 is 0. The van der Waals surface area contributed by atoms with Crippen LogP contribution in [-0.4, -0.2) is 44.4 Å². The van der Waals surface area contributed by atoms with E-state index in [1.165, 1.54) is 0 Å².